The summed E-state index contributed by atoms with van der Waals surface area (Å²) in [5.74, 6) is 0.861. The van der Waals surface area contributed by atoms with E-state index in [1.807, 2.05) is 37.4 Å². The topological polar surface area (TPSA) is 86.2 Å². The summed E-state index contributed by atoms with van der Waals surface area (Å²) in [6.45, 7) is 6.14. The highest BCUT2D eigenvalue weighted by Gasteiger charge is 2.21. The lowest BCUT2D eigenvalue weighted by Crippen LogP contribution is -2.29. The highest BCUT2D eigenvalue weighted by molar-refractivity contribution is 7.16. The van der Waals surface area contributed by atoms with E-state index in [9.17, 15) is 4.79 Å². The van der Waals surface area contributed by atoms with Gasteiger partial charge in [0.1, 0.15) is 16.5 Å². The predicted octanol–water partition coefficient (Wildman–Crippen LogP) is 3.63. The number of hydrogen-bond acceptors (Lipinski definition) is 9. The Morgan fingerprint density at radius 1 is 1.20 bits per heavy atom. The zero-order chi connectivity index (χ0) is 24.2. The molecule has 0 spiro atoms. The zero-order valence-corrected chi connectivity index (χ0v) is 21.7. The van der Waals surface area contributed by atoms with Gasteiger partial charge in [-0.15, -0.1) is 11.3 Å². The third kappa shape index (κ3) is 6.06. The maximum Gasteiger partial charge on any atom is 0.266 e. The number of aryl methyl sites for hydroxylation is 1. The van der Waals surface area contributed by atoms with Gasteiger partial charge in [-0.1, -0.05) is 11.3 Å². The van der Waals surface area contributed by atoms with Gasteiger partial charge in [-0.25, -0.2) is 4.98 Å². The van der Waals surface area contributed by atoms with E-state index in [1.54, 1.807) is 17.5 Å². The fourth-order valence-corrected chi connectivity index (χ4v) is 6.16. The number of aromatic nitrogens is 2. The first-order valence-corrected chi connectivity index (χ1v) is 13.7. The summed E-state index contributed by atoms with van der Waals surface area (Å²) in [5.41, 5.74) is 1.65. The molecule has 2 fully saturated rings. The minimum absolute atomic E-state index is 0.125. The molecule has 2 aromatic heterocycles. The van der Waals surface area contributed by atoms with Crippen LogP contribution in [0.1, 0.15) is 36.1 Å². The van der Waals surface area contributed by atoms with Crippen LogP contribution in [0.2, 0.25) is 0 Å². The second-order valence-corrected chi connectivity index (χ2v) is 11.2. The Labute approximate surface area is 212 Å². The zero-order valence-electron chi connectivity index (χ0n) is 20.1. The van der Waals surface area contributed by atoms with E-state index < -0.39 is 0 Å². The number of likely N-dealkylation sites (tertiary alicyclic amines) is 1. The van der Waals surface area contributed by atoms with Gasteiger partial charge in [-0.3, -0.25) is 4.79 Å². The van der Waals surface area contributed by atoms with Crippen LogP contribution < -0.4 is 24.4 Å². The van der Waals surface area contributed by atoms with Crippen LogP contribution in [0.5, 0.6) is 5.75 Å². The maximum atomic E-state index is 12.4. The molecule has 0 amide bonds. The highest BCUT2D eigenvalue weighted by atomic mass is 32.1. The number of H-pyrrole nitrogens is 1. The summed E-state index contributed by atoms with van der Waals surface area (Å²) in [5, 5.41) is 9.57. The third-order valence-corrected chi connectivity index (χ3v) is 8.21. The monoisotopic (exact) mass is 510 g/mol. The Morgan fingerprint density at radius 2 is 2.06 bits per heavy atom. The van der Waals surface area contributed by atoms with Crippen molar-refractivity contribution in [2.45, 2.75) is 38.7 Å². The number of thiazole rings is 2. The van der Waals surface area contributed by atoms with Crippen molar-refractivity contribution >= 4 is 45.8 Å². The molecule has 10 heteroatoms. The van der Waals surface area contributed by atoms with Crippen LogP contribution in [0.3, 0.4) is 0 Å². The van der Waals surface area contributed by atoms with Gasteiger partial charge in [-0.2, -0.15) is 10.2 Å². The molecule has 3 aromatic rings. The number of piperidine rings is 1. The number of nitrogens with zero attached hydrogens (tertiary/aromatic N) is 5. The lowest BCUT2D eigenvalue weighted by atomic mass is 10.1. The molecule has 8 nitrogen and oxygen atoms in total. The molecule has 2 saturated heterocycles. The molecule has 184 valence electrons. The Bertz CT molecular complexity index is 1370. The smallest absolute Gasteiger partial charge is 0.266 e. The Morgan fingerprint density at radius 3 is 2.83 bits per heavy atom. The average molecular weight is 511 g/mol. The number of benzene rings is 1. The number of nitrogens with one attached hydrogen (secondary N) is 1. The highest BCUT2D eigenvalue weighted by Crippen LogP contribution is 2.27. The summed E-state index contributed by atoms with van der Waals surface area (Å²) in [6, 6.07) is 5.85. The average Bonchev–Trinajstić information content (AvgIpc) is 3.57. The van der Waals surface area contributed by atoms with Crippen LogP contribution in [0.15, 0.2) is 39.4 Å². The fourth-order valence-electron chi connectivity index (χ4n) is 4.36. The standard InChI is InChI=1S/C25H30N6O2S2/c1-17-12-18(33-19-8-11-30(2)16-19)6-7-21(17)29-27-15-23-28-24(32)22(35-23)13-20-14-26-25(34-20)31-9-4-3-5-10-31/h6-7,12-15,19H,3-5,8-11,16H2,1-2H3,(H,28,32). The molecule has 35 heavy (non-hydrogen) atoms. The normalized spacial score (nSPS) is 20.4. The Balaban J connectivity index is 1.27. The lowest BCUT2D eigenvalue weighted by Gasteiger charge is -2.25. The van der Waals surface area contributed by atoms with Crippen LogP contribution in [0.4, 0.5) is 10.8 Å². The van der Waals surface area contributed by atoms with Gasteiger partial charge in [0, 0.05) is 32.4 Å². The second-order valence-electron chi connectivity index (χ2n) is 9.11. The minimum Gasteiger partial charge on any atom is -0.489 e. The van der Waals surface area contributed by atoms with Crippen molar-refractivity contribution in [1.29, 1.82) is 0 Å². The molecule has 2 aliphatic rings. The second kappa shape index (κ2) is 10.8. The van der Waals surface area contributed by atoms with Crippen LogP contribution >= 0.6 is 22.7 Å². The molecule has 1 N–H and O–H groups in total. The van der Waals surface area contributed by atoms with E-state index in [4.69, 9.17) is 4.74 Å². The Kier molecular flexibility index (Phi) is 7.40. The summed E-state index contributed by atoms with van der Waals surface area (Å²) < 4.78 is 7.38. The van der Waals surface area contributed by atoms with Gasteiger partial charge >= 0.3 is 0 Å². The largest absolute Gasteiger partial charge is 0.489 e. The summed E-state index contributed by atoms with van der Waals surface area (Å²) >= 11 is 3.00. The van der Waals surface area contributed by atoms with Crippen molar-refractivity contribution in [3.8, 4) is 5.75 Å². The number of rotatable bonds is 6. The molecule has 1 unspecified atom stereocenters. The lowest BCUT2D eigenvalue weighted by molar-refractivity contribution is 0.208. The molecule has 0 radical (unpaired) electrons. The molecule has 0 bridgehead atoms. The molecule has 2 aliphatic heterocycles. The number of ether oxygens (including phenoxy) is 1. The first-order valence-electron chi connectivity index (χ1n) is 12.0. The molecule has 4 heterocycles. The van der Waals surface area contributed by atoms with Gasteiger partial charge in [0.15, 0.2) is 5.13 Å². The molecule has 1 aromatic carbocycles. The van der Waals surface area contributed by atoms with Crippen LogP contribution in [0.25, 0.3) is 12.3 Å². The van der Waals surface area contributed by atoms with Gasteiger partial charge in [-0.05, 0) is 69.5 Å². The number of anilines is 1. The predicted molar refractivity (Wildman–Crippen MR) is 143 cm³/mol. The number of likely N-dealkylation sites (N-methyl/N-ethyl adjacent to an activating group) is 1. The van der Waals surface area contributed by atoms with Crippen molar-refractivity contribution in [1.82, 2.24) is 14.9 Å². The first kappa shape index (κ1) is 23.9. The van der Waals surface area contributed by atoms with Crippen molar-refractivity contribution in [2.75, 3.05) is 38.1 Å². The first-order chi connectivity index (χ1) is 17.0. The summed E-state index contributed by atoms with van der Waals surface area (Å²) in [7, 11) is 2.11. The van der Waals surface area contributed by atoms with Gasteiger partial charge in [0.05, 0.1) is 21.3 Å². The SMILES string of the molecule is Cc1cc(OC2CCN(C)C2)ccc1N=NC=c1[nH]c(=O)c(=Cc2cnc(N3CCCCC3)s2)s1. The van der Waals surface area contributed by atoms with Crippen LogP contribution in [0, 0.1) is 6.92 Å². The molecular formula is C25H30N6O2S2. The van der Waals surface area contributed by atoms with Crippen molar-refractivity contribution in [3.05, 3.63) is 54.4 Å². The minimum atomic E-state index is -0.125. The number of aromatic amines is 1. The van der Waals surface area contributed by atoms with Gasteiger partial charge in [0.2, 0.25) is 0 Å². The van der Waals surface area contributed by atoms with Crippen molar-refractivity contribution in [2.24, 2.45) is 10.2 Å². The van der Waals surface area contributed by atoms with Crippen molar-refractivity contribution in [3.63, 3.8) is 0 Å². The fraction of sp³-hybridized carbons (Fsp3) is 0.440. The van der Waals surface area contributed by atoms with Gasteiger partial charge in [0.25, 0.3) is 5.56 Å². The maximum absolute atomic E-state index is 12.4. The van der Waals surface area contributed by atoms with E-state index >= 15 is 0 Å². The van der Waals surface area contributed by atoms with E-state index in [1.165, 1.54) is 30.6 Å². The number of hydrogen-bond donors (Lipinski definition) is 1. The van der Waals surface area contributed by atoms with Crippen LogP contribution in [-0.4, -0.2) is 54.2 Å². The molecule has 0 aliphatic carbocycles. The summed E-state index contributed by atoms with van der Waals surface area (Å²) in [6.07, 6.45) is 10.3. The molecular weight excluding hydrogens is 480 g/mol. The van der Waals surface area contributed by atoms with E-state index in [0.29, 0.717) is 9.20 Å². The van der Waals surface area contributed by atoms with Crippen LogP contribution in [-0.2, 0) is 0 Å². The number of azo groups is 1. The third-order valence-electron chi connectivity index (χ3n) is 6.25. The van der Waals surface area contributed by atoms with E-state index in [2.05, 4.69) is 37.0 Å². The molecule has 1 atom stereocenters. The molecule has 5 rings (SSSR count). The quantitative estimate of drug-likeness (QED) is 0.512. The Hall–Kier alpha value is -2.82. The van der Waals surface area contributed by atoms with Gasteiger partial charge < -0.3 is 19.5 Å². The van der Waals surface area contributed by atoms with Crippen molar-refractivity contribution < 1.29 is 4.74 Å². The van der Waals surface area contributed by atoms with E-state index in [0.717, 1.165) is 59.6 Å². The summed E-state index contributed by atoms with van der Waals surface area (Å²) in [4.78, 5) is 25.4. The van der Waals surface area contributed by atoms with E-state index in [-0.39, 0.29) is 11.7 Å². The molecule has 0 saturated carbocycles.